The first-order valence-corrected chi connectivity index (χ1v) is 8.27. The number of fused-ring (bicyclic) bond motifs is 1. The van der Waals surface area contributed by atoms with Crippen LogP contribution in [-0.4, -0.2) is 19.4 Å². The van der Waals surface area contributed by atoms with Crippen LogP contribution in [0.15, 0.2) is 53.4 Å². The molecule has 0 aliphatic rings. The number of hydrogen-bond donors (Lipinski definition) is 2. The Hall–Kier alpha value is -2.51. The summed E-state index contributed by atoms with van der Waals surface area (Å²) in [5, 5.41) is 0.826. The maximum absolute atomic E-state index is 12.2. The Morgan fingerprint density at radius 3 is 2.57 bits per heavy atom. The predicted octanol–water partition coefficient (Wildman–Crippen LogP) is 2.95. The third-order valence-corrected chi connectivity index (χ3v) is 4.66. The molecule has 1 aromatic heterocycles. The van der Waals surface area contributed by atoms with E-state index in [4.69, 9.17) is 17.3 Å². The number of aromatic nitrogens is 1. The van der Waals surface area contributed by atoms with Gasteiger partial charge in [0.25, 0.3) is 0 Å². The highest BCUT2D eigenvalue weighted by atomic mass is 35.5. The molecule has 0 aliphatic heterocycles. The maximum atomic E-state index is 12.2. The van der Waals surface area contributed by atoms with E-state index in [0.717, 1.165) is 0 Å². The number of benzene rings is 2. The van der Waals surface area contributed by atoms with E-state index in [0.29, 0.717) is 10.9 Å². The number of aromatic amines is 1. The van der Waals surface area contributed by atoms with Crippen molar-refractivity contribution in [3.8, 4) is 0 Å². The van der Waals surface area contributed by atoms with Gasteiger partial charge in [0.2, 0.25) is 0 Å². The molecule has 1 heterocycles. The van der Waals surface area contributed by atoms with Crippen molar-refractivity contribution in [2.75, 3.05) is 5.73 Å². The van der Waals surface area contributed by atoms with Crippen LogP contribution in [0.2, 0.25) is 5.02 Å². The number of carbonyl (C=O) groups is 1. The summed E-state index contributed by atoms with van der Waals surface area (Å²) in [7, 11) is -4.29. The van der Waals surface area contributed by atoms with E-state index in [1.807, 2.05) is 0 Å². The summed E-state index contributed by atoms with van der Waals surface area (Å²) >= 11 is 5.75. The van der Waals surface area contributed by atoms with Crippen LogP contribution < -0.4 is 5.73 Å². The highest BCUT2D eigenvalue weighted by molar-refractivity contribution is 7.87. The maximum Gasteiger partial charge on any atom is 0.372 e. The number of hydrogen-bond acceptors (Lipinski definition) is 5. The number of nitrogens with one attached hydrogen (secondary N) is 1. The van der Waals surface area contributed by atoms with Gasteiger partial charge in [0.1, 0.15) is 4.90 Å². The van der Waals surface area contributed by atoms with Gasteiger partial charge in [-0.1, -0.05) is 35.9 Å². The number of rotatable bonds is 3. The van der Waals surface area contributed by atoms with Crippen molar-refractivity contribution in [3.63, 3.8) is 0 Å². The van der Waals surface area contributed by atoms with Crippen LogP contribution in [0.1, 0.15) is 10.5 Å². The molecular weight excluding hydrogens is 340 g/mol. The third-order valence-electron chi connectivity index (χ3n) is 3.22. The number of anilines is 1. The third kappa shape index (κ3) is 2.88. The van der Waals surface area contributed by atoms with Crippen molar-refractivity contribution in [2.24, 2.45) is 0 Å². The van der Waals surface area contributed by atoms with Crippen molar-refractivity contribution in [1.82, 2.24) is 4.98 Å². The minimum Gasteiger partial charge on any atom is -0.396 e. The van der Waals surface area contributed by atoms with Crippen LogP contribution >= 0.6 is 11.6 Å². The molecule has 0 amide bonds. The molecule has 3 N–H and O–H groups in total. The Labute approximate surface area is 136 Å². The molecule has 0 unspecified atom stereocenters. The van der Waals surface area contributed by atoms with Crippen molar-refractivity contribution in [1.29, 1.82) is 0 Å². The van der Waals surface area contributed by atoms with Crippen LogP contribution in [0.5, 0.6) is 0 Å². The lowest BCUT2D eigenvalue weighted by Crippen LogP contribution is -2.15. The zero-order chi connectivity index (χ0) is 16.6. The smallest absolute Gasteiger partial charge is 0.372 e. The molecule has 2 aromatic carbocycles. The zero-order valence-electron chi connectivity index (χ0n) is 11.6. The number of carbonyl (C=O) groups excluding carboxylic acids is 1. The summed E-state index contributed by atoms with van der Waals surface area (Å²) in [6, 6.07) is 12.4. The molecule has 0 fully saturated rings. The molecule has 8 heteroatoms. The van der Waals surface area contributed by atoms with Gasteiger partial charge in [0.05, 0.1) is 5.69 Å². The van der Waals surface area contributed by atoms with Crippen LogP contribution in [0.4, 0.5) is 5.69 Å². The Morgan fingerprint density at radius 2 is 1.87 bits per heavy atom. The first-order valence-electron chi connectivity index (χ1n) is 6.49. The van der Waals surface area contributed by atoms with Crippen LogP contribution in [0.3, 0.4) is 0 Å². The Bertz CT molecular complexity index is 1010. The second kappa shape index (κ2) is 5.60. The molecular formula is C15H11ClN2O4S. The van der Waals surface area contributed by atoms with Gasteiger partial charge in [-0.05, 0) is 24.3 Å². The van der Waals surface area contributed by atoms with E-state index < -0.39 is 16.1 Å². The monoisotopic (exact) mass is 350 g/mol. The quantitative estimate of drug-likeness (QED) is 0.707. The minimum absolute atomic E-state index is 0.114. The molecule has 0 aliphatic carbocycles. The van der Waals surface area contributed by atoms with E-state index in [2.05, 4.69) is 9.17 Å². The van der Waals surface area contributed by atoms with E-state index in [9.17, 15) is 13.2 Å². The standard InChI is InChI=1S/C15H11ClN2O4S/c16-9-4-3-5-10(8-9)23(20,21)22-15(19)14-13(17)11-6-1-2-7-12(11)18-14/h1-8,18H,17H2. The lowest BCUT2D eigenvalue weighted by molar-refractivity contribution is 0.0742. The summed E-state index contributed by atoms with van der Waals surface area (Å²) in [4.78, 5) is 14.7. The van der Waals surface area contributed by atoms with E-state index in [1.54, 1.807) is 24.3 Å². The fourth-order valence-corrected chi connectivity index (χ4v) is 3.29. The Balaban J connectivity index is 1.96. The summed E-state index contributed by atoms with van der Waals surface area (Å²) in [5.74, 6) is -1.08. The largest absolute Gasteiger partial charge is 0.396 e. The van der Waals surface area contributed by atoms with Crippen molar-refractivity contribution in [3.05, 3.63) is 59.2 Å². The van der Waals surface area contributed by atoms with Crippen molar-refractivity contribution < 1.29 is 17.4 Å². The molecule has 3 rings (SSSR count). The summed E-state index contributed by atoms with van der Waals surface area (Å²) in [6.07, 6.45) is 0. The van der Waals surface area contributed by atoms with Gasteiger partial charge in [0.15, 0.2) is 5.69 Å². The van der Waals surface area contributed by atoms with Gasteiger partial charge >= 0.3 is 16.1 Å². The number of halogens is 1. The number of nitrogens with two attached hydrogens (primary N) is 1. The number of para-hydroxylation sites is 1. The SMILES string of the molecule is Nc1c(C(=O)OS(=O)(=O)c2cccc(Cl)c2)[nH]c2ccccc12. The second-order valence-corrected chi connectivity index (χ2v) is 6.72. The van der Waals surface area contributed by atoms with E-state index in [-0.39, 0.29) is 21.3 Å². The van der Waals surface area contributed by atoms with E-state index in [1.165, 1.54) is 24.3 Å². The lowest BCUT2D eigenvalue weighted by Gasteiger charge is -2.05. The number of H-pyrrole nitrogens is 1. The average molecular weight is 351 g/mol. The van der Waals surface area contributed by atoms with Crippen LogP contribution in [-0.2, 0) is 14.3 Å². The van der Waals surface area contributed by atoms with Gasteiger partial charge in [0, 0.05) is 15.9 Å². The molecule has 0 spiro atoms. The Kier molecular flexibility index (Phi) is 3.75. The molecule has 0 bridgehead atoms. The summed E-state index contributed by atoms with van der Waals surface area (Å²) in [5.41, 5.74) is 6.50. The minimum atomic E-state index is -4.29. The topological polar surface area (TPSA) is 102 Å². The number of nitrogen functional groups attached to an aromatic ring is 1. The van der Waals surface area contributed by atoms with Gasteiger partial charge in [-0.15, -0.1) is 0 Å². The highest BCUT2D eigenvalue weighted by Gasteiger charge is 2.25. The molecule has 0 saturated carbocycles. The van der Waals surface area contributed by atoms with Crippen LogP contribution in [0.25, 0.3) is 10.9 Å². The molecule has 6 nitrogen and oxygen atoms in total. The lowest BCUT2D eigenvalue weighted by atomic mass is 10.2. The van der Waals surface area contributed by atoms with Gasteiger partial charge in [-0.25, -0.2) is 4.79 Å². The summed E-state index contributed by atoms with van der Waals surface area (Å²) < 4.78 is 28.9. The van der Waals surface area contributed by atoms with Gasteiger partial charge < -0.3 is 14.9 Å². The average Bonchev–Trinajstić information content (AvgIpc) is 2.85. The van der Waals surface area contributed by atoms with Gasteiger partial charge in [-0.2, -0.15) is 8.42 Å². The highest BCUT2D eigenvalue weighted by Crippen LogP contribution is 2.26. The molecule has 0 radical (unpaired) electrons. The van der Waals surface area contributed by atoms with Crippen LogP contribution in [0, 0.1) is 0 Å². The normalized spacial score (nSPS) is 11.5. The Morgan fingerprint density at radius 1 is 1.13 bits per heavy atom. The fraction of sp³-hybridized carbons (Fsp3) is 0. The fourth-order valence-electron chi connectivity index (χ4n) is 2.14. The second-order valence-electron chi connectivity index (χ2n) is 4.74. The zero-order valence-corrected chi connectivity index (χ0v) is 13.2. The van der Waals surface area contributed by atoms with Gasteiger partial charge in [-0.3, -0.25) is 0 Å². The molecule has 0 saturated heterocycles. The first kappa shape index (κ1) is 15.4. The predicted molar refractivity (Wildman–Crippen MR) is 86.8 cm³/mol. The first-order chi connectivity index (χ1) is 10.9. The summed E-state index contributed by atoms with van der Waals surface area (Å²) in [6.45, 7) is 0. The molecule has 23 heavy (non-hydrogen) atoms. The molecule has 118 valence electrons. The van der Waals surface area contributed by atoms with Crippen molar-refractivity contribution >= 4 is 44.3 Å². The molecule has 0 atom stereocenters. The van der Waals surface area contributed by atoms with Crippen molar-refractivity contribution in [2.45, 2.75) is 4.90 Å². The van der Waals surface area contributed by atoms with E-state index >= 15 is 0 Å². The molecule has 3 aromatic rings.